The molecule has 0 bridgehead atoms. The summed E-state index contributed by atoms with van der Waals surface area (Å²) < 4.78 is 20.1. The summed E-state index contributed by atoms with van der Waals surface area (Å²) in [4.78, 5) is 3.85. The predicted molar refractivity (Wildman–Crippen MR) is 77.9 cm³/mol. The first kappa shape index (κ1) is 15.4. The number of rotatable bonds is 5. The molecular formula is C16H25FN2O. The van der Waals surface area contributed by atoms with Crippen molar-refractivity contribution in [3.63, 3.8) is 0 Å². The summed E-state index contributed by atoms with van der Waals surface area (Å²) in [5.74, 6) is 0.431. The van der Waals surface area contributed by atoms with E-state index in [9.17, 15) is 4.39 Å². The fourth-order valence-corrected chi connectivity index (χ4v) is 3.26. The molecule has 1 aliphatic heterocycles. The van der Waals surface area contributed by atoms with Gasteiger partial charge < -0.3 is 10.1 Å². The molecule has 2 heterocycles. The fraction of sp³-hybridized carbons (Fsp3) is 0.688. The number of hydrogen-bond acceptors (Lipinski definition) is 3. The van der Waals surface area contributed by atoms with Crippen LogP contribution in [-0.2, 0) is 4.74 Å². The van der Waals surface area contributed by atoms with Crippen LogP contribution in [-0.4, -0.2) is 23.7 Å². The van der Waals surface area contributed by atoms with Crippen LogP contribution in [0.5, 0.6) is 0 Å². The van der Waals surface area contributed by atoms with E-state index in [2.05, 4.69) is 38.0 Å². The van der Waals surface area contributed by atoms with Crippen LogP contribution >= 0.6 is 0 Å². The molecule has 112 valence electrons. The molecule has 1 saturated heterocycles. The average Bonchev–Trinajstić information content (AvgIpc) is 2.67. The highest BCUT2D eigenvalue weighted by atomic mass is 19.1. The van der Waals surface area contributed by atoms with Gasteiger partial charge in [-0.05, 0) is 38.8 Å². The number of nitrogens with one attached hydrogen (secondary N) is 1. The molecule has 0 radical (unpaired) electrons. The molecule has 0 spiro atoms. The number of halogens is 1. The first-order valence-electron chi connectivity index (χ1n) is 7.54. The fourth-order valence-electron chi connectivity index (χ4n) is 3.26. The van der Waals surface area contributed by atoms with Crippen LogP contribution in [0.4, 0.5) is 4.39 Å². The number of aromatic nitrogens is 1. The Kier molecular flexibility index (Phi) is 5.11. The summed E-state index contributed by atoms with van der Waals surface area (Å²) in [5, 5.41) is 3.50. The SMILES string of the molecule is CCCNC(c1ccncc1F)C1C(C)OC(C)C1C. The van der Waals surface area contributed by atoms with Crippen molar-refractivity contribution in [2.45, 2.75) is 52.4 Å². The van der Waals surface area contributed by atoms with Gasteiger partial charge in [0.25, 0.3) is 0 Å². The molecule has 0 saturated carbocycles. The van der Waals surface area contributed by atoms with Crippen molar-refractivity contribution < 1.29 is 9.13 Å². The molecule has 4 heteroatoms. The van der Waals surface area contributed by atoms with E-state index < -0.39 is 0 Å². The minimum Gasteiger partial charge on any atom is -0.375 e. The van der Waals surface area contributed by atoms with Gasteiger partial charge in [0.1, 0.15) is 5.82 Å². The standard InChI is InChI=1S/C16H25FN2O/c1-5-7-19-16(13-6-8-18-9-14(13)17)15-10(2)11(3)20-12(15)4/h6,8-12,15-16,19H,5,7H2,1-4H3. The molecule has 1 aromatic rings. The molecule has 1 aromatic heterocycles. The average molecular weight is 280 g/mol. The molecule has 5 unspecified atom stereocenters. The zero-order valence-corrected chi connectivity index (χ0v) is 12.8. The Morgan fingerprint density at radius 1 is 1.35 bits per heavy atom. The topological polar surface area (TPSA) is 34.2 Å². The van der Waals surface area contributed by atoms with Gasteiger partial charge in [-0.2, -0.15) is 0 Å². The van der Waals surface area contributed by atoms with Crippen LogP contribution in [0.3, 0.4) is 0 Å². The van der Waals surface area contributed by atoms with Crippen LogP contribution in [0.25, 0.3) is 0 Å². The lowest BCUT2D eigenvalue weighted by Gasteiger charge is -2.30. The predicted octanol–water partition coefficient (Wildman–Crippen LogP) is 3.32. The van der Waals surface area contributed by atoms with E-state index in [1.807, 2.05) is 0 Å². The van der Waals surface area contributed by atoms with Crippen molar-refractivity contribution in [3.8, 4) is 0 Å². The summed E-state index contributed by atoms with van der Waals surface area (Å²) in [6.45, 7) is 9.37. The van der Waals surface area contributed by atoms with E-state index in [1.165, 1.54) is 6.20 Å². The second kappa shape index (κ2) is 6.64. The maximum atomic E-state index is 14.1. The Balaban J connectivity index is 2.30. The third kappa shape index (κ3) is 3.01. The van der Waals surface area contributed by atoms with Crippen LogP contribution < -0.4 is 5.32 Å². The molecule has 1 fully saturated rings. The lowest BCUT2D eigenvalue weighted by molar-refractivity contribution is 0.0473. The summed E-state index contributed by atoms with van der Waals surface area (Å²) in [7, 11) is 0. The van der Waals surface area contributed by atoms with Crippen molar-refractivity contribution in [2.24, 2.45) is 11.8 Å². The quantitative estimate of drug-likeness (QED) is 0.898. The van der Waals surface area contributed by atoms with Gasteiger partial charge in [-0.3, -0.25) is 4.98 Å². The van der Waals surface area contributed by atoms with Crippen LogP contribution in [0.2, 0.25) is 0 Å². The normalized spacial score (nSPS) is 31.4. The molecule has 0 aliphatic carbocycles. The molecule has 20 heavy (non-hydrogen) atoms. The Labute approximate surface area is 120 Å². The summed E-state index contributed by atoms with van der Waals surface area (Å²) in [6.07, 6.45) is 4.32. The largest absolute Gasteiger partial charge is 0.375 e. The Bertz CT molecular complexity index is 440. The number of ether oxygens (including phenoxy) is 1. The lowest BCUT2D eigenvalue weighted by atomic mass is 9.80. The monoisotopic (exact) mass is 280 g/mol. The molecular weight excluding hydrogens is 255 g/mol. The van der Waals surface area contributed by atoms with Crippen molar-refractivity contribution in [2.75, 3.05) is 6.54 Å². The van der Waals surface area contributed by atoms with Gasteiger partial charge in [0, 0.05) is 23.7 Å². The van der Waals surface area contributed by atoms with Crippen molar-refractivity contribution in [1.82, 2.24) is 10.3 Å². The summed E-state index contributed by atoms with van der Waals surface area (Å²) in [5.41, 5.74) is 0.704. The molecule has 1 aliphatic rings. The van der Waals surface area contributed by atoms with E-state index in [4.69, 9.17) is 4.74 Å². The van der Waals surface area contributed by atoms with Crippen LogP contribution in [0.15, 0.2) is 18.5 Å². The molecule has 0 aromatic carbocycles. The van der Waals surface area contributed by atoms with Gasteiger partial charge in [-0.25, -0.2) is 4.39 Å². The number of hydrogen-bond donors (Lipinski definition) is 1. The third-order valence-electron chi connectivity index (χ3n) is 4.46. The summed E-state index contributed by atoms with van der Waals surface area (Å²) in [6, 6.07) is 1.76. The first-order chi connectivity index (χ1) is 9.56. The Morgan fingerprint density at radius 3 is 2.65 bits per heavy atom. The third-order valence-corrected chi connectivity index (χ3v) is 4.46. The smallest absolute Gasteiger partial charge is 0.146 e. The van der Waals surface area contributed by atoms with E-state index in [0.717, 1.165) is 13.0 Å². The maximum absolute atomic E-state index is 14.1. The van der Waals surface area contributed by atoms with E-state index >= 15 is 0 Å². The molecule has 2 rings (SSSR count). The minimum absolute atomic E-state index is 0.0205. The lowest BCUT2D eigenvalue weighted by Crippen LogP contribution is -2.36. The second-order valence-electron chi connectivity index (χ2n) is 5.81. The van der Waals surface area contributed by atoms with Gasteiger partial charge in [0.05, 0.1) is 18.4 Å². The minimum atomic E-state index is -0.236. The highest BCUT2D eigenvalue weighted by Crippen LogP contribution is 2.41. The van der Waals surface area contributed by atoms with Gasteiger partial charge in [-0.15, -0.1) is 0 Å². The van der Waals surface area contributed by atoms with E-state index in [1.54, 1.807) is 12.3 Å². The number of pyridine rings is 1. The summed E-state index contributed by atoms with van der Waals surface area (Å²) >= 11 is 0. The van der Waals surface area contributed by atoms with E-state index in [0.29, 0.717) is 11.5 Å². The van der Waals surface area contributed by atoms with Crippen LogP contribution in [0.1, 0.15) is 45.7 Å². The molecule has 5 atom stereocenters. The highest BCUT2D eigenvalue weighted by molar-refractivity contribution is 5.20. The number of nitrogens with zero attached hydrogens (tertiary/aromatic N) is 1. The van der Waals surface area contributed by atoms with Gasteiger partial charge in [0.15, 0.2) is 0 Å². The second-order valence-corrected chi connectivity index (χ2v) is 5.81. The molecule has 0 amide bonds. The van der Waals surface area contributed by atoms with Gasteiger partial charge >= 0.3 is 0 Å². The Morgan fingerprint density at radius 2 is 2.10 bits per heavy atom. The van der Waals surface area contributed by atoms with Gasteiger partial charge in [-0.1, -0.05) is 13.8 Å². The highest BCUT2D eigenvalue weighted by Gasteiger charge is 2.42. The first-order valence-corrected chi connectivity index (χ1v) is 7.54. The zero-order chi connectivity index (χ0) is 14.7. The van der Waals surface area contributed by atoms with Gasteiger partial charge in [0.2, 0.25) is 0 Å². The van der Waals surface area contributed by atoms with Crippen molar-refractivity contribution >= 4 is 0 Å². The zero-order valence-electron chi connectivity index (χ0n) is 12.8. The molecule has 3 nitrogen and oxygen atoms in total. The van der Waals surface area contributed by atoms with E-state index in [-0.39, 0.29) is 30.0 Å². The van der Waals surface area contributed by atoms with Crippen LogP contribution in [0, 0.1) is 17.7 Å². The molecule has 1 N–H and O–H groups in total. The van der Waals surface area contributed by atoms with Crippen molar-refractivity contribution in [3.05, 3.63) is 29.8 Å². The maximum Gasteiger partial charge on any atom is 0.146 e. The van der Waals surface area contributed by atoms with Crippen molar-refractivity contribution in [1.29, 1.82) is 0 Å². The Hall–Kier alpha value is -1.00.